The highest BCUT2D eigenvalue weighted by atomic mass is 31.0. The zero-order chi connectivity index (χ0) is 20.0. The van der Waals surface area contributed by atoms with Crippen LogP contribution in [-0.4, -0.2) is 42.9 Å². The number of rotatable bonds is 6. The second-order valence-electron chi connectivity index (χ2n) is 6.72. The zero-order valence-electron chi connectivity index (χ0n) is 15.7. The molecule has 0 aromatic carbocycles. The molecule has 8 nitrogen and oxygen atoms in total. The Balaban J connectivity index is 2.22. The highest BCUT2D eigenvalue weighted by Crippen LogP contribution is 2.22. The highest BCUT2D eigenvalue weighted by molar-refractivity contribution is 7.16. The molecule has 0 bridgehead atoms. The monoisotopic (exact) mass is 395 g/mol. The van der Waals surface area contributed by atoms with E-state index in [2.05, 4.69) is 20.2 Å². The van der Waals surface area contributed by atoms with Gasteiger partial charge in [0, 0.05) is 18.5 Å². The molecular formula is C17H23FN5O3P. The maximum atomic E-state index is 12.8. The molecule has 0 fully saturated rings. The smallest absolute Gasteiger partial charge is 0.411 e. The van der Waals surface area contributed by atoms with Crippen molar-refractivity contribution in [3.8, 4) is 5.88 Å². The summed E-state index contributed by atoms with van der Waals surface area (Å²) in [4.78, 5) is 22.6. The van der Waals surface area contributed by atoms with Gasteiger partial charge in [0.05, 0.1) is 18.3 Å². The molecule has 0 saturated carbocycles. The molecule has 2 heterocycles. The minimum absolute atomic E-state index is 0.0458. The lowest BCUT2D eigenvalue weighted by Crippen LogP contribution is -2.38. The number of aromatic nitrogens is 4. The van der Waals surface area contributed by atoms with Crippen LogP contribution in [0.1, 0.15) is 45.3 Å². The topological polar surface area (TPSA) is 90.3 Å². The lowest BCUT2D eigenvalue weighted by Gasteiger charge is -2.30. The molecular weight excluding hydrogens is 372 g/mol. The fraction of sp³-hybridized carbons (Fsp3) is 0.471. The molecule has 0 radical (unpaired) electrons. The first kappa shape index (κ1) is 20.9. The van der Waals surface area contributed by atoms with Gasteiger partial charge in [0.25, 0.3) is 6.10 Å². The van der Waals surface area contributed by atoms with Crippen molar-refractivity contribution in [2.45, 2.75) is 52.0 Å². The predicted molar refractivity (Wildman–Crippen MR) is 99.5 cm³/mol. The first-order valence-electron chi connectivity index (χ1n) is 8.31. The van der Waals surface area contributed by atoms with Crippen molar-refractivity contribution < 1.29 is 18.7 Å². The summed E-state index contributed by atoms with van der Waals surface area (Å²) in [5, 5.41) is 7.79. The van der Waals surface area contributed by atoms with Gasteiger partial charge in [0.2, 0.25) is 5.88 Å². The summed E-state index contributed by atoms with van der Waals surface area (Å²) in [6, 6.07) is 4.32. The number of ether oxygens (including phenoxy) is 2. The first-order valence-corrected chi connectivity index (χ1v) is 8.98. The number of carbonyl (C=O) groups excluding carboxylic acids is 1. The number of amides is 1. The van der Waals surface area contributed by atoms with Crippen LogP contribution < -0.4 is 4.74 Å². The lowest BCUT2D eigenvalue weighted by atomic mass is 10.2. The average Bonchev–Trinajstić information content (AvgIpc) is 2.59. The first-order chi connectivity index (χ1) is 12.7. The number of carbonyl (C=O) groups is 1. The number of halogens is 1. The third-order valence-corrected chi connectivity index (χ3v) is 3.45. The molecule has 0 aliphatic carbocycles. The molecule has 0 aliphatic rings. The third-order valence-electron chi connectivity index (χ3n) is 3.32. The lowest BCUT2D eigenvalue weighted by molar-refractivity contribution is 0.0141. The number of hydrogen-bond acceptors (Lipinski definition) is 7. The van der Waals surface area contributed by atoms with Crippen LogP contribution in [0.4, 0.5) is 9.18 Å². The summed E-state index contributed by atoms with van der Waals surface area (Å²) in [5.41, 5.74) is -0.180. The van der Waals surface area contributed by atoms with Crippen LogP contribution in [0.5, 0.6) is 5.88 Å². The van der Waals surface area contributed by atoms with Crippen molar-refractivity contribution in [3.05, 3.63) is 42.1 Å². The Labute approximate surface area is 159 Å². The van der Waals surface area contributed by atoms with Crippen molar-refractivity contribution in [1.29, 1.82) is 0 Å². The Bertz CT molecular complexity index is 740. The van der Waals surface area contributed by atoms with Gasteiger partial charge in [-0.15, -0.1) is 10.2 Å². The Hall–Kier alpha value is -2.41. The maximum Gasteiger partial charge on any atom is 0.411 e. The van der Waals surface area contributed by atoms with E-state index >= 15 is 0 Å². The molecule has 0 spiro atoms. The van der Waals surface area contributed by atoms with Crippen molar-refractivity contribution in [1.82, 2.24) is 25.1 Å². The highest BCUT2D eigenvalue weighted by Gasteiger charge is 2.29. The minimum atomic E-state index is -1.57. The molecule has 10 heteroatoms. The third kappa shape index (κ3) is 6.67. The van der Waals surface area contributed by atoms with Crippen LogP contribution >= 0.6 is 9.24 Å². The van der Waals surface area contributed by atoms with E-state index in [0.29, 0.717) is 11.5 Å². The van der Waals surface area contributed by atoms with Gasteiger partial charge in [-0.1, -0.05) is 9.24 Å². The van der Waals surface area contributed by atoms with E-state index in [4.69, 9.17) is 9.47 Å². The average molecular weight is 395 g/mol. The second kappa shape index (κ2) is 8.99. The molecule has 0 aliphatic heterocycles. The normalized spacial score (nSPS) is 13.6. The van der Waals surface area contributed by atoms with E-state index in [1.54, 1.807) is 52.2 Å². The Morgan fingerprint density at radius 2 is 1.93 bits per heavy atom. The van der Waals surface area contributed by atoms with E-state index in [1.165, 1.54) is 11.0 Å². The van der Waals surface area contributed by atoms with Crippen molar-refractivity contribution >= 4 is 15.3 Å². The quantitative estimate of drug-likeness (QED) is 0.694. The molecule has 0 N–H and O–H groups in total. The molecule has 27 heavy (non-hydrogen) atoms. The van der Waals surface area contributed by atoms with E-state index in [-0.39, 0.29) is 12.4 Å². The predicted octanol–water partition coefficient (Wildman–Crippen LogP) is 3.27. The van der Waals surface area contributed by atoms with Crippen LogP contribution in [-0.2, 0) is 11.3 Å². The molecule has 2 rings (SSSR count). The zero-order valence-corrected chi connectivity index (χ0v) is 16.8. The van der Waals surface area contributed by atoms with Crippen LogP contribution in [0.15, 0.2) is 30.6 Å². The molecule has 3 unspecified atom stereocenters. The number of hydrogen-bond donors (Lipinski definition) is 0. The van der Waals surface area contributed by atoms with Crippen LogP contribution in [0.3, 0.4) is 0 Å². The largest absolute Gasteiger partial charge is 0.444 e. The summed E-state index contributed by atoms with van der Waals surface area (Å²) in [6.45, 7) is 7.27. The van der Waals surface area contributed by atoms with Gasteiger partial charge in [0.15, 0.2) is 5.82 Å². The Kier molecular flexibility index (Phi) is 6.96. The van der Waals surface area contributed by atoms with Crippen molar-refractivity contribution in [2.75, 3.05) is 0 Å². The van der Waals surface area contributed by atoms with Crippen LogP contribution in [0.25, 0.3) is 0 Å². The van der Waals surface area contributed by atoms with E-state index < -0.39 is 23.8 Å². The Morgan fingerprint density at radius 1 is 1.26 bits per heavy atom. The number of alkyl halides is 1. The van der Waals surface area contributed by atoms with Crippen molar-refractivity contribution in [3.63, 3.8) is 0 Å². The SMILES string of the molecule is CC(c1ncccn1)N(Cc1ccc(OC(F)P)nn1)C(=O)OC(C)(C)C. The van der Waals surface area contributed by atoms with Gasteiger partial charge in [0.1, 0.15) is 5.60 Å². The summed E-state index contributed by atoms with van der Waals surface area (Å²) in [5.74, 6) is 0.518. The van der Waals surface area contributed by atoms with Crippen molar-refractivity contribution in [2.24, 2.45) is 0 Å². The van der Waals surface area contributed by atoms with Crippen LogP contribution in [0, 0.1) is 0 Å². The Morgan fingerprint density at radius 3 is 2.44 bits per heavy atom. The number of nitrogens with zero attached hydrogens (tertiary/aromatic N) is 5. The van der Waals surface area contributed by atoms with Crippen LogP contribution in [0.2, 0.25) is 0 Å². The second-order valence-corrected chi connectivity index (χ2v) is 7.25. The fourth-order valence-corrected chi connectivity index (χ4v) is 2.27. The van der Waals surface area contributed by atoms with E-state index in [1.807, 2.05) is 9.24 Å². The summed E-state index contributed by atoms with van der Waals surface area (Å²) in [7, 11) is 1.86. The molecule has 2 aromatic rings. The van der Waals surface area contributed by atoms with Gasteiger partial charge in [-0.05, 0) is 39.8 Å². The summed E-state index contributed by atoms with van der Waals surface area (Å²) < 4.78 is 23.1. The van der Waals surface area contributed by atoms with E-state index in [9.17, 15) is 9.18 Å². The molecule has 0 saturated heterocycles. The molecule has 1 amide bonds. The standard InChI is InChI=1S/C17H23FN5O3P/c1-11(14-19-8-5-9-20-14)23(16(24)26-17(2,3)4)10-12-6-7-13(22-21-12)25-15(18)27/h5-9,11,15H,10,27H2,1-4H3. The van der Waals surface area contributed by atoms with Gasteiger partial charge in [-0.2, -0.15) is 4.39 Å². The van der Waals surface area contributed by atoms with Gasteiger partial charge in [-0.3, -0.25) is 4.90 Å². The molecule has 146 valence electrons. The maximum absolute atomic E-state index is 12.8. The molecule has 2 aromatic heterocycles. The molecule has 3 atom stereocenters. The van der Waals surface area contributed by atoms with E-state index in [0.717, 1.165) is 0 Å². The fourth-order valence-electron chi connectivity index (χ4n) is 2.13. The van der Waals surface area contributed by atoms with Gasteiger partial charge in [-0.25, -0.2) is 14.8 Å². The van der Waals surface area contributed by atoms with Gasteiger partial charge < -0.3 is 9.47 Å². The van der Waals surface area contributed by atoms with Gasteiger partial charge >= 0.3 is 6.09 Å². The summed E-state index contributed by atoms with van der Waals surface area (Å²) >= 11 is 0. The minimum Gasteiger partial charge on any atom is -0.444 e. The summed E-state index contributed by atoms with van der Waals surface area (Å²) in [6.07, 6.45) is 1.11.